The van der Waals surface area contributed by atoms with Crippen molar-refractivity contribution in [1.82, 2.24) is 0 Å². The van der Waals surface area contributed by atoms with Crippen LogP contribution in [0.15, 0.2) is 131 Å². The summed E-state index contributed by atoms with van der Waals surface area (Å²) in [5.41, 5.74) is 4.11. The van der Waals surface area contributed by atoms with Gasteiger partial charge in [-0.3, -0.25) is 9.98 Å². The normalized spacial score (nSPS) is 13.4. The number of benzene rings is 4. The Morgan fingerprint density at radius 1 is 0.486 bits per heavy atom. The summed E-state index contributed by atoms with van der Waals surface area (Å²) in [6.07, 6.45) is 1.11. The minimum absolute atomic E-state index is 0.176. The minimum Gasteiger partial charge on any atom is -0.435 e. The second kappa shape index (κ2) is 13.9. The zero-order chi connectivity index (χ0) is 25.7. The van der Waals surface area contributed by atoms with Crippen molar-refractivity contribution in [3.63, 3.8) is 0 Å². The highest BCUT2D eigenvalue weighted by Gasteiger charge is 2.23. The van der Waals surface area contributed by atoms with Crippen LogP contribution in [0.5, 0.6) is 0 Å². The quantitative estimate of drug-likeness (QED) is 0.204. The van der Waals surface area contributed by atoms with Gasteiger partial charge in [0.25, 0.3) is 0 Å². The molecule has 0 radical (unpaired) electrons. The lowest BCUT2D eigenvalue weighted by Crippen LogP contribution is -2.23. The largest absolute Gasteiger partial charge is 0.435 e. The van der Waals surface area contributed by atoms with Gasteiger partial charge in [-0.25, -0.2) is 0 Å². The molecule has 5 nitrogen and oxygen atoms in total. The molecule has 0 aliphatic carbocycles. The second-order valence-electron chi connectivity index (χ2n) is 8.81. The van der Waals surface area contributed by atoms with E-state index >= 15 is 0 Å². The Labute approximate surface area is 218 Å². The van der Waals surface area contributed by atoms with Crippen molar-refractivity contribution in [2.75, 3.05) is 13.1 Å². The van der Waals surface area contributed by atoms with Crippen molar-refractivity contribution >= 4 is 12.8 Å². The van der Waals surface area contributed by atoms with E-state index in [1.54, 1.807) is 0 Å². The van der Waals surface area contributed by atoms with E-state index < -0.39 is 12.2 Å². The molecule has 0 saturated heterocycles. The highest BCUT2D eigenvalue weighted by molar-refractivity contribution is 5.63. The van der Waals surface area contributed by atoms with Gasteiger partial charge in [0.2, 0.25) is 0 Å². The molecule has 0 fully saturated rings. The van der Waals surface area contributed by atoms with Gasteiger partial charge in [0.1, 0.15) is 0 Å². The number of aliphatic imine (C=N–C) groups is 2. The van der Waals surface area contributed by atoms with Gasteiger partial charge in [0.15, 0.2) is 12.8 Å². The van der Waals surface area contributed by atoms with Crippen LogP contribution in [0.25, 0.3) is 0 Å². The number of nitrogens with zero attached hydrogens (tertiary/aromatic N) is 2. The first-order valence-corrected chi connectivity index (χ1v) is 12.4. The van der Waals surface area contributed by atoms with E-state index in [0.717, 1.165) is 22.3 Å². The number of aliphatic hydroxyl groups excluding tert-OH is 2. The fourth-order valence-electron chi connectivity index (χ4n) is 4.54. The van der Waals surface area contributed by atoms with Gasteiger partial charge in [0.05, 0.1) is 25.3 Å². The van der Waals surface area contributed by atoms with Crippen molar-refractivity contribution in [1.29, 1.82) is 0 Å². The third-order valence-corrected chi connectivity index (χ3v) is 6.26. The number of rotatable bonds is 12. The molecule has 0 aliphatic rings. The Morgan fingerprint density at radius 3 is 1.03 bits per heavy atom. The summed E-state index contributed by atoms with van der Waals surface area (Å²) in [5.74, 6) is -0.396. The number of aliphatic hydroxyl groups is 2. The summed E-state index contributed by atoms with van der Waals surface area (Å²) < 4.78 is 5.31. The Hall–Kier alpha value is -4.06. The molecule has 0 aliphatic heterocycles. The first-order chi connectivity index (χ1) is 18.2. The number of ether oxygens (including phenoxy) is 1. The maximum Gasteiger partial charge on any atom is 0.178 e. The zero-order valence-corrected chi connectivity index (χ0v) is 20.6. The molecule has 0 amide bonds. The first kappa shape index (κ1) is 26.0. The van der Waals surface area contributed by atoms with Gasteiger partial charge in [-0.2, -0.15) is 0 Å². The molecule has 4 rings (SSSR count). The fraction of sp³-hybridized carbons (Fsp3) is 0.188. The van der Waals surface area contributed by atoms with Crippen molar-refractivity contribution in [2.45, 2.75) is 24.0 Å². The molecule has 5 heteroatoms. The van der Waals surface area contributed by atoms with Crippen LogP contribution in [0.3, 0.4) is 0 Å². The third kappa shape index (κ3) is 7.46. The summed E-state index contributed by atoms with van der Waals surface area (Å²) in [4.78, 5) is 8.48. The van der Waals surface area contributed by atoms with E-state index in [4.69, 9.17) is 4.74 Å². The Balaban J connectivity index is 1.32. The number of hydrogen-bond donors (Lipinski definition) is 2. The van der Waals surface area contributed by atoms with E-state index in [0.29, 0.717) is 0 Å². The SMILES string of the molecule is OC(CN=COC=NCC(O)C(c1ccccc1)c1ccccc1)C(c1ccccc1)c1ccccc1. The number of hydrogen-bond acceptors (Lipinski definition) is 5. The summed E-state index contributed by atoms with van der Waals surface area (Å²) >= 11 is 0. The molecular formula is C32H32N2O3. The molecule has 37 heavy (non-hydrogen) atoms. The van der Waals surface area contributed by atoms with Gasteiger partial charge >= 0.3 is 0 Å². The Morgan fingerprint density at radius 2 is 0.757 bits per heavy atom. The summed E-state index contributed by atoms with van der Waals surface area (Å²) in [5, 5.41) is 21.9. The molecule has 2 unspecified atom stereocenters. The average Bonchev–Trinajstić information content (AvgIpc) is 2.95. The van der Waals surface area contributed by atoms with Gasteiger partial charge < -0.3 is 14.9 Å². The highest BCUT2D eigenvalue weighted by Crippen LogP contribution is 2.29. The topological polar surface area (TPSA) is 74.4 Å². The standard InChI is InChI=1S/C32H32N2O3/c35-29(31(25-13-5-1-6-14-25)26-15-7-2-8-16-26)21-33-23-37-24-34-22-30(36)32(27-17-9-3-10-18-27)28-19-11-4-12-20-28/h1-20,23-24,29-32,35-36H,21-22H2. The van der Waals surface area contributed by atoms with E-state index in [1.165, 1.54) is 12.8 Å². The third-order valence-electron chi connectivity index (χ3n) is 6.26. The summed E-state index contributed by atoms with van der Waals surface area (Å²) in [6.45, 7) is 0.351. The fourth-order valence-corrected chi connectivity index (χ4v) is 4.54. The smallest absolute Gasteiger partial charge is 0.178 e. The van der Waals surface area contributed by atoms with Crippen molar-refractivity contribution in [3.05, 3.63) is 144 Å². The maximum atomic E-state index is 10.9. The van der Waals surface area contributed by atoms with Crippen molar-refractivity contribution in [3.8, 4) is 0 Å². The monoisotopic (exact) mass is 492 g/mol. The minimum atomic E-state index is -0.721. The lowest BCUT2D eigenvalue weighted by atomic mass is 9.86. The molecule has 4 aromatic carbocycles. The molecule has 0 heterocycles. The molecule has 188 valence electrons. The Kier molecular flexibility index (Phi) is 9.76. The van der Waals surface area contributed by atoms with Gasteiger partial charge in [-0.05, 0) is 22.3 Å². The molecule has 0 bridgehead atoms. The van der Waals surface area contributed by atoms with Crippen LogP contribution in [0, 0.1) is 0 Å². The Bertz CT molecular complexity index is 1050. The molecule has 2 N–H and O–H groups in total. The van der Waals surface area contributed by atoms with E-state index in [2.05, 4.69) is 9.98 Å². The predicted molar refractivity (Wildman–Crippen MR) is 149 cm³/mol. The van der Waals surface area contributed by atoms with Crippen LogP contribution in [0.2, 0.25) is 0 Å². The van der Waals surface area contributed by atoms with Crippen LogP contribution in [-0.4, -0.2) is 48.3 Å². The molecule has 0 aromatic heterocycles. The van der Waals surface area contributed by atoms with E-state index in [-0.39, 0.29) is 24.9 Å². The molecule has 2 atom stereocenters. The second-order valence-corrected chi connectivity index (χ2v) is 8.81. The van der Waals surface area contributed by atoms with Crippen LogP contribution in [-0.2, 0) is 4.74 Å². The molecule has 0 saturated carbocycles. The highest BCUT2D eigenvalue weighted by atomic mass is 16.5. The van der Waals surface area contributed by atoms with Crippen LogP contribution in [0.1, 0.15) is 34.1 Å². The van der Waals surface area contributed by atoms with Crippen LogP contribution >= 0.6 is 0 Å². The van der Waals surface area contributed by atoms with Gasteiger partial charge in [-0.15, -0.1) is 0 Å². The van der Waals surface area contributed by atoms with Gasteiger partial charge in [-0.1, -0.05) is 121 Å². The molecular weight excluding hydrogens is 460 g/mol. The van der Waals surface area contributed by atoms with Crippen LogP contribution < -0.4 is 0 Å². The van der Waals surface area contributed by atoms with Crippen molar-refractivity contribution in [2.24, 2.45) is 9.98 Å². The first-order valence-electron chi connectivity index (χ1n) is 12.4. The van der Waals surface area contributed by atoms with Gasteiger partial charge in [0, 0.05) is 11.8 Å². The average molecular weight is 493 g/mol. The lowest BCUT2D eigenvalue weighted by molar-refractivity contribution is 0.165. The van der Waals surface area contributed by atoms with E-state index in [1.807, 2.05) is 121 Å². The lowest BCUT2D eigenvalue weighted by Gasteiger charge is -2.23. The molecule has 0 spiro atoms. The zero-order valence-electron chi connectivity index (χ0n) is 20.6. The maximum absolute atomic E-state index is 10.9. The van der Waals surface area contributed by atoms with Crippen LogP contribution in [0.4, 0.5) is 0 Å². The van der Waals surface area contributed by atoms with Crippen molar-refractivity contribution < 1.29 is 14.9 Å². The van der Waals surface area contributed by atoms with E-state index in [9.17, 15) is 10.2 Å². The summed E-state index contributed by atoms with van der Waals surface area (Å²) in [6, 6.07) is 39.7. The predicted octanol–water partition coefficient (Wildman–Crippen LogP) is 5.45. The molecule has 4 aromatic rings. The summed E-state index contributed by atoms with van der Waals surface area (Å²) in [7, 11) is 0.